The van der Waals surface area contributed by atoms with Crippen LogP contribution in [0.2, 0.25) is 5.02 Å². The zero-order valence-electron chi connectivity index (χ0n) is 21.4. The summed E-state index contributed by atoms with van der Waals surface area (Å²) in [5, 5.41) is 9.64. The Labute approximate surface area is 230 Å². The maximum absolute atomic E-state index is 14.2. The highest BCUT2D eigenvalue weighted by Gasteiger charge is 2.35. The third-order valence-electron chi connectivity index (χ3n) is 6.78. The normalized spacial score (nSPS) is 16.4. The van der Waals surface area contributed by atoms with Gasteiger partial charge in [-0.25, -0.2) is 4.39 Å². The van der Waals surface area contributed by atoms with Gasteiger partial charge in [0.1, 0.15) is 18.0 Å². The van der Waals surface area contributed by atoms with Gasteiger partial charge in [0.05, 0.1) is 35.2 Å². The summed E-state index contributed by atoms with van der Waals surface area (Å²) in [6.45, 7) is 4.76. The molecule has 1 fully saturated rings. The van der Waals surface area contributed by atoms with Crippen molar-refractivity contribution in [1.29, 1.82) is 0 Å². The van der Waals surface area contributed by atoms with Crippen molar-refractivity contribution in [2.75, 3.05) is 49.6 Å². The summed E-state index contributed by atoms with van der Waals surface area (Å²) < 4.78 is 61.4. The van der Waals surface area contributed by atoms with Gasteiger partial charge in [-0.05, 0) is 30.5 Å². The van der Waals surface area contributed by atoms with Crippen molar-refractivity contribution in [3.05, 3.63) is 56.5 Å². The van der Waals surface area contributed by atoms with Crippen LogP contribution in [0.25, 0.3) is 11.4 Å². The number of aromatic nitrogens is 4. The number of hydrogen-bond acceptors (Lipinski definition) is 7. The zero-order chi connectivity index (χ0) is 28.6. The molecule has 15 heteroatoms. The first-order valence-corrected chi connectivity index (χ1v) is 13.1. The predicted octanol–water partition coefficient (Wildman–Crippen LogP) is 3.12. The van der Waals surface area contributed by atoms with Crippen molar-refractivity contribution >= 4 is 40.2 Å². The van der Waals surface area contributed by atoms with E-state index in [1.807, 2.05) is 17.9 Å². The minimum Gasteiger partial charge on any atom is -0.377 e. The van der Waals surface area contributed by atoms with Crippen molar-refractivity contribution in [2.24, 2.45) is 0 Å². The number of piperazine rings is 1. The SMILES string of the molecule is CCc1c(N2CCNCC2)c(=O)n2nc(C3=CCOCC3)nc2n1CC(=O)Nc1cc(F)c(C(F)(F)F)cc1Cl. The number of hydrogen-bond donors (Lipinski definition) is 2. The number of carbonyl (C=O) groups is 1. The zero-order valence-corrected chi connectivity index (χ0v) is 22.2. The predicted molar refractivity (Wildman–Crippen MR) is 140 cm³/mol. The second kappa shape index (κ2) is 11.2. The molecule has 3 aromatic rings. The molecule has 10 nitrogen and oxygen atoms in total. The first-order chi connectivity index (χ1) is 19.1. The lowest BCUT2D eigenvalue weighted by Crippen LogP contribution is -2.47. The molecule has 2 aliphatic heterocycles. The molecule has 40 heavy (non-hydrogen) atoms. The van der Waals surface area contributed by atoms with Crippen LogP contribution < -0.4 is 21.1 Å². The van der Waals surface area contributed by atoms with E-state index in [9.17, 15) is 27.2 Å². The van der Waals surface area contributed by atoms with Crippen molar-refractivity contribution in [2.45, 2.75) is 32.5 Å². The molecular formula is C25H26ClF4N7O3. The summed E-state index contributed by atoms with van der Waals surface area (Å²) in [5.74, 6) is -1.81. The maximum Gasteiger partial charge on any atom is 0.419 e. The third kappa shape index (κ3) is 5.43. The van der Waals surface area contributed by atoms with Crippen LogP contribution in [0.15, 0.2) is 23.0 Å². The Morgan fingerprint density at radius 1 is 1.25 bits per heavy atom. The fourth-order valence-electron chi connectivity index (χ4n) is 4.88. The van der Waals surface area contributed by atoms with Gasteiger partial charge in [-0.1, -0.05) is 24.6 Å². The largest absolute Gasteiger partial charge is 0.419 e. The Bertz CT molecular complexity index is 1540. The number of fused-ring (bicyclic) bond motifs is 1. The summed E-state index contributed by atoms with van der Waals surface area (Å²) in [4.78, 5) is 33.4. The van der Waals surface area contributed by atoms with Crippen molar-refractivity contribution in [3.63, 3.8) is 0 Å². The quantitative estimate of drug-likeness (QED) is 0.430. The summed E-state index contributed by atoms with van der Waals surface area (Å²) in [7, 11) is 0. The molecule has 0 atom stereocenters. The Kier molecular flexibility index (Phi) is 7.84. The van der Waals surface area contributed by atoms with Crippen LogP contribution in [-0.4, -0.2) is 64.5 Å². The van der Waals surface area contributed by atoms with Crippen molar-refractivity contribution in [3.8, 4) is 0 Å². The molecule has 1 aromatic carbocycles. The summed E-state index contributed by atoms with van der Waals surface area (Å²) >= 11 is 5.96. The fraction of sp³-hybridized carbons (Fsp3) is 0.440. The van der Waals surface area contributed by atoms with Crippen molar-refractivity contribution < 1.29 is 27.1 Å². The molecule has 0 aliphatic carbocycles. The van der Waals surface area contributed by atoms with Crippen LogP contribution >= 0.6 is 11.6 Å². The van der Waals surface area contributed by atoms with Crippen molar-refractivity contribution in [1.82, 2.24) is 24.5 Å². The van der Waals surface area contributed by atoms with E-state index in [1.54, 1.807) is 4.57 Å². The highest BCUT2D eigenvalue weighted by Crippen LogP contribution is 2.36. The highest BCUT2D eigenvalue weighted by molar-refractivity contribution is 6.33. The number of anilines is 2. The lowest BCUT2D eigenvalue weighted by molar-refractivity contribution is -0.139. The van der Waals surface area contributed by atoms with E-state index in [0.717, 1.165) is 5.57 Å². The van der Waals surface area contributed by atoms with Crippen LogP contribution in [-0.2, 0) is 28.7 Å². The Hall–Kier alpha value is -3.49. The number of alkyl halides is 3. The van der Waals surface area contributed by atoms with Crippen LogP contribution in [0.4, 0.5) is 28.9 Å². The minimum atomic E-state index is -4.94. The highest BCUT2D eigenvalue weighted by atomic mass is 35.5. The minimum absolute atomic E-state index is 0.128. The third-order valence-corrected chi connectivity index (χ3v) is 7.09. The van der Waals surface area contributed by atoms with Gasteiger partial charge in [0.2, 0.25) is 11.7 Å². The molecule has 0 unspecified atom stereocenters. The Morgan fingerprint density at radius 3 is 2.65 bits per heavy atom. The molecule has 4 heterocycles. The molecule has 0 spiro atoms. The molecular weight excluding hydrogens is 558 g/mol. The molecule has 0 bridgehead atoms. The van der Waals surface area contributed by atoms with Gasteiger partial charge in [-0.15, -0.1) is 5.10 Å². The number of nitrogens with one attached hydrogen (secondary N) is 2. The lowest BCUT2D eigenvalue weighted by atomic mass is 10.1. The van der Waals surface area contributed by atoms with E-state index in [2.05, 4.69) is 20.7 Å². The van der Waals surface area contributed by atoms with E-state index < -0.39 is 28.5 Å². The molecule has 214 valence electrons. The number of halogens is 5. The number of amides is 1. The summed E-state index contributed by atoms with van der Waals surface area (Å²) in [6.07, 6.45) is -2.19. The average Bonchev–Trinajstić information content (AvgIpc) is 3.38. The molecule has 1 saturated heterocycles. The Balaban J connectivity index is 1.58. The maximum atomic E-state index is 14.2. The first-order valence-electron chi connectivity index (χ1n) is 12.7. The standard InChI is InChI=1S/C25H26ClF4N7O3/c1-2-19-21(35-7-5-31-6-8-35)23(39)37-24(33-22(34-37)14-3-9-40-10-4-14)36(19)13-20(38)32-18-12-17(27)15(11-16(18)26)25(28,29)30/h3,11-12,31H,2,4-10,13H2,1H3,(H,32,38). The van der Waals surface area contributed by atoms with E-state index in [1.165, 1.54) is 4.52 Å². The van der Waals surface area contributed by atoms with Crippen LogP contribution in [0.1, 0.15) is 30.4 Å². The smallest absolute Gasteiger partial charge is 0.377 e. The molecule has 2 aromatic heterocycles. The molecule has 5 rings (SSSR count). The number of benzene rings is 1. The van der Waals surface area contributed by atoms with Crippen LogP contribution in [0.5, 0.6) is 0 Å². The summed E-state index contributed by atoms with van der Waals surface area (Å²) in [5.41, 5.74) is -0.489. The van der Waals surface area contributed by atoms with Gasteiger partial charge < -0.3 is 24.8 Å². The molecule has 1 amide bonds. The molecule has 0 radical (unpaired) electrons. The number of ether oxygens (including phenoxy) is 1. The van der Waals surface area contributed by atoms with Crippen LogP contribution in [0, 0.1) is 5.82 Å². The number of carbonyl (C=O) groups excluding carboxylic acids is 1. The van der Waals surface area contributed by atoms with E-state index in [0.29, 0.717) is 81.6 Å². The van der Waals surface area contributed by atoms with Gasteiger partial charge in [0.15, 0.2) is 5.82 Å². The average molecular weight is 584 g/mol. The lowest BCUT2D eigenvalue weighted by Gasteiger charge is -2.31. The number of nitrogens with zero attached hydrogens (tertiary/aromatic N) is 5. The number of rotatable bonds is 6. The second-order valence-corrected chi connectivity index (χ2v) is 9.74. The molecule has 2 aliphatic rings. The van der Waals surface area contributed by atoms with Crippen LogP contribution in [0.3, 0.4) is 0 Å². The van der Waals surface area contributed by atoms with Gasteiger partial charge in [0.25, 0.3) is 5.56 Å². The second-order valence-electron chi connectivity index (χ2n) is 9.34. The summed E-state index contributed by atoms with van der Waals surface area (Å²) in [6, 6.07) is 0.959. The fourth-order valence-corrected chi connectivity index (χ4v) is 5.09. The van der Waals surface area contributed by atoms with Gasteiger partial charge in [-0.3, -0.25) is 9.59 Å². The van der Waals surface area contributed by atoms with E-state index in [-0.39, 0.29) is 23.6 Å². The van der Waals surface area contributed by atoms with E-state index >= 15 is 0 Å². The monoisotopic (exact) mass is 583 g/mol. The van der Waals surface area contributed by atoms with Gasteiger partial charge in [-0.2, -0.15) is 22.7 Å². The molecule has 2 N–H and O–H groups in total. The molecule has 0 saturated carbocycles. The van der Waals surface area contributed by atoms with Gasteiger partial charge in [0, 0.05) is 26.2 Å². The topological polar surface area (TPSA) is 106 Å². The van der Waals surface area contributed by atoms with E-state index in [4.69, 9.17) is 16.3 Å². The Morgan fingerprint density at radius 2 is 2.00 bits per heavy atom. The van der Waals surface area contributed by atoms with Gasteiger partial charge >= 0.3 is 6.18 Å². The first kappa shape index (κ1) is 28.1.